The highest BCUT2D eigenvalue weighted by molar-refractivity contribution is 6.05. The third-order valence-electron chi connectivity index (χ3n) is 5.45. The Morgan fingerprint density at radius 1 is 1.03 bits per heavy atom. The number of aryl methyl sites for hydroxylation is 1. The maximum absolute atomic E-state index is 13.0. The van der Waals surface area contributed by atoms with E-state index in [9.17, 15) is 18.0 Å². The normalized spacial score (nSPS) is 11.1. The van der Waals surface area contributed by atoms with Gasteiger partial charge in [-0.1, -0.05) is 12.1 Å². The molecule has 8 nitrogen and oxygen atoms in total. The first kappa shape index (κ1) is 25.3. The van der Waals surface area contributed by atoms with Gasteiger partial charge in [-0.25, -0.2) is 9.97 Å². The zero-order valence-electron chi connectivity index (χ0n) is 19.8. The largest absolute Gasteiger partial charge is 0.416 e. The van der Waals surface area contributed by atoms with Crippen LogP contribution in [0.2, 0.25) is 0 Å². The summed E-state index contributed by atoms with van der Waals surface area (Å²) in [5.74, 6) is 0.542. The number of carbonyl (C=O) groups is 1. The zero-order chi connectivity index (χ0) is 26.6. The van der Waals surface area contributed by atoms with Gasteiger partial charge in [0.2, 0.25) is 0 Å². The molecule has 0 unspecified atom stereocenters. The fraction of sp³-hybridized carbons (Fsp3) is 0.115. The van der Waals surface area contributed by atoms with Crippen molar-refractivity contribution in [2.45, 2.75) is 13.1 Å². The summed E-state index contributed by atoms with van der Waals surface area (Å²) in [7, 11) is 1.68. The lowest BCUT2D eigenvalue weighted by molar-refractivity contribution is -0.137. The van der Waals surface area contributed by atoms with E-state index >= 15 is 0 Å². The first-order valence-corrected chi connectivity index (χ1v) is 11.1. The molecule has 0 spiro atoms. The summed E-state index contributed by atoms with van der Waals surface area (Å²) in [6, 6.07) is 12.8. The summed E-state index contributed by atoms with van der Waals surface area (Å²) >= 11 is 0. The molecular formula is C26H22F3N7O. The molecule has 11 heteroatoms. The Hall–Kier alpha value is -4.80. The van der Waals surface area contributed by atoms with Crippen LogP contribution in [-0.2, 0) is 6.18 Å². The van der Waals surface area contributed by atoms with E-state index in [0.29, 0.717) is 34.3 Å². The van der Waals surface area contributed by atoms with Gasteiger partial charge in [0.25, 0.3) is 5.91 Å². The van der Waals surface area contributed by atoms with Gasteiger partial charge in [0.05, 0.1) is 11.1 Å². The van der Waals surface area contributed by atoms with Crippen molar-refractivity contribution in [1.29, 1.82) is 5.41 Å². The highest BCUT2D eigenvalue weighted by Gasteiger charge is 2.30. The molecule has 37 heavy (non-hydrogen) atoms. The van der Waals surface area contributed by atoms with Crippen LogP contribution in [0.1, 0.15) is 27.0 Å². The van der Waals surface area contributed by atoms with Gasteiger partial charge in [-0.15, -0.1) is 0 Å². The Labute approximate surface area is 210 Å². The fourth-order valence-corrected chi connectivity index (χ4v) is 3.52. The Morgan fingerprint density at radius 2 is 1.81 bits per heavy atom. The highest BCUT2D eigenvalue weighted by atomic mass is 19.4. The molecule has 0 saturated heterocycles. The zero-order valence-corrected chi connectivity index (χ0v) is 19.8. The number of hydrogen-bond donors (Lipinski definition) is 4. The van der Waals surface area contributed by atoms with Crippen LogP contribution >= 0.6 is 0 Å². The highest BCUT2D eigenvalue weighted by Crippen LogP contribution is 2.31. The third kappa shape index (κ3) is 5.72. The lowest BCUT2D eigenvalue weighted by Gasteiger charge is -2.16. The minimum Gasteiger partial charge on any atom is -0.372 e. The first-order valence-electron chi connectivity index (χ1n) is 11.1. The number of amides is 1. The molecule has 0 aliphatic heterocycles. The van der Waals surface area contributed by atoms with E-state index < -0.39 is 17.6 Å². The molecule has 0 atom stereocenters. The molecule has 4 N–H and O–H groups in total. The van der Waals surface area contributed by atoms with Crippen molar-refractivity contribution in [3.8, 4) is 11.4 Å². The monoisotopic (exact) mass is 505 g/mol. The van der Waals surface area contributed by atoms with Gasteiger partial charge >= 0.3 is 6.18 Å². The predicted octanol–water partition coefficient (Wildman–Crippen LogP) is 5.90. The van der Waals surface area contributed by atoms with Crippen molar-refractivity contribution in [2.24, 2.45) is 0 Å². The van der Waals surface area contributed by atoms with Crippen LogP contribution in [0.3, 0.4) is 0 Å². The quantitative estimate of drug-likeness (QED) is 0.233. The molecule has 0 aliphatic rings. The standard InChI is InChI=1S/C26H22F3N7O/c1-15-8-9-16(25(37)33-19-7-3-6-18(12-19)26(27,28)29)11-21(15)34-24-20(13-30)23(31-2)35-22(36-24)17-5-4-10-32-14-17/h3-14,30H,1-2H3,(H,33,37)(H2,31,34,35,36). The summed E-state index contributed by atoms with van der Waals surface area (Å²) in [6.07, 6.45) is -0.160. The summed E-state index contributed by atoms with van der Waals surface area (Å²) in [6.45, 7) is 1.82. The minimum absolute atomic E-state index is 0.0246. The van der Waals surface area contributed by atoms with E-state index in [1.807, 2.05) is 6.92 Å². The number of rotatable bonds is 7. The van der Waals surface area contributed by atoms with Gasteiger partial charge in [0.15, 0.2) is 5.82 Å². The molecule has 1 amide bonds. The molecule has 0 fully saturated rings. The van der Waals surface area contributed by atoms with Crippen LogP contribution < -0.4 is 16.0 Å². The summed E-state index contributed by atoms with van der Waals surface area (Å²) in [4.78, 5) is 26.0. The summed E-state index contributed by atoms with van der Waals surface area (Å²) in [5.41, 5.74) is 1.76. The molecule has 0 bridgehead atoms. The van der Waals surface area contributed by atoms with E-state index in [2.05, 4.69) is 30.9 Å². The minimum atomic E-state index is -4.52. The van der Waals surface area contributed by atoms with Crippen LogP contribution in [0.5, 0.6) is 0 Å². The second-order valence-corrected chi connectivity index (χ2v) is 7.98. The van der Waals surface area contributed by atoms with Gasteiger partial charge in [-0.05, 0) is 55.0 Å². The molecule has 4 rings (SSSR count). The Morgan fingerprint density at radius 3 is 2.49 bits per heavy atom. The molecular weight excluding hydrogens is 483 g/mol. The van der Waals surface area contributed by atoms with Gasteiger partial charge in [0, 0.05) is 48.2 Å². The number of alkyl halides is 3. The number of nitrogens with zero attached hydrogens (tertiary/aromatic N) is 3. The van der Waals surface area contributed by atoms with E-state index in [4.69, 9.17) is 5.41 Å². The van der Waals surface area contributed by atoms with Gasteiger partial charge in [-0.3, -0.25) is 9.78 Å². The van der Waals surface area contributed by atoms with Crippen molar-refractivity contribution in [1.82, 2.24) is 15.0 Å². The number of halogens is 3. The Balaban J connectivity index is 1.66. The van der Waals surface area contributed by atoms with Gasteiger partial charge in [-0.2, -0.15) is 13.2 Å². The van der Waals surface area contributed by atoms with Crippen molar-refractivity contribution < 1.29 is 18.0 Å². The summed E-state index contributed by atoms with van der Waals surface area (Å²) < 4.78 is 39.1. The average molecular weight is 506 g/mol. The average Bonchev–Trinajstić information content (AvgIpc) is 2.89. The van der Waals surface area contributed by atoms with E-state index in [1.54, 1.807) is 49.8 Å². The maximum atomic E-state index is 13.0. The fourth-order valence-electron chi connectivity index (χ4n) is 3.52. The molecule has 0 aliphatic carbocycles. The number of benzene rings is 2. The van der Waals surface area contributed by atoms with Crippen molar-refractivity contribution in [3.63, 3.8) is 0 Å². The topological polar surface area (TPSA) is 116 Å². The Bertz CT molecular complexity index is 1460. The molecule has 0 radical (unpaired) electrons. The number of nitrogens with one attached hydrogen (secondary N) is 4. The van der Waals surface area contributed by atoms with Crippen LogP contribution in [0.15, 0.2) is 67.0 Å². The van der Waals surface area contributed by atoms with Crippen LogP contribution in [0.25, 0.3) is 11.4 Å². The van der Waals surface area contributed by atoms with E-state index in [-0.39, 0.29) is 11.3 Å². The van der Waals surface area contributed by atoms with Crippen molar-refractivity contribution in [2.75, 3.05) is 23.0 Å². The third-order valence-corrected chi connectivity index (χ3v) is 5.45. The molecule has 0 saturated carbocycles. The SMILES string of the molecule is CNc1nc(-c2cccnc2)nc(Nc2cc(C(=O)Nc3cccc(C(F)(F)F)c3)ccc2C)c1C=N. The smallest absolute Gasteiger partial charge is 0.372 e. The molecule has 2 aromatic carbocycles. The molecule has 4 aromatic rings. The second-order valence-electron chi connectivity index (χ2n) is 7.98. The number of aromatic nitrogens is 3. The number of carbonyl (C=O) groups excluding carboxylic acids is 1. The Kier molecular flexibility index (Phi) is 7.14. The molecule has 188 valence electrons. The van der Waals surface area contributed by atoms with E-state index in [0.717, 1.165) is 23.9 Å². The van der Waals surface area contributed by atoms with Gasteiger partial charge < -0.3 is 21.4 Å². The second kappa shape index (κ2) is 10.4. The molecule has 2 heterocycles. The number of hydrogen-bond acceptors (Lipinski definition) is 7. The predicted molar refractivity (Wildman–Crippen MR) is 137 cm³/mol. The molecule has 2 aromatic heterocycles. The first-order chi connectivity index (χ1) is 17.7. The summed E-state index contributed by atoms with van der Waals surface area (Å²) in [5, 5.41) is 16.5. The van der Waals surface area contributed by atoms with Crippen LogP contribution in [0.4, 0.5) is 36.2 Å². The van der Waals surface area contributed by atoms with Crippen LogP contribution in [0, 0.1) is 12.3 Å². The number of anilines is 4. The lowest BCUT2D eigenvalue weighted by atomic mass is 10.1. The van der Waals surface area contributed by atoms with Crippen molar-refractivity contribution in [3.05, 3.63) is 89.2 Å². The maximum Gasteiger partial charge on any atom is 0.416 e. The van der Waals surface area contributed by atoms with E-state index in [1.165, 1.54) is 12.1 Å². The lowest BCUT2D eigenvalue weighted by Crippen LogP contribution is -2.14. The van der Waals surface area contributed by atoms with Crippen molar-refractivity contribution >= 4 is 35.1 Å². The van der Waals surface area contributed by atoms with Gasteiger partial charge in [0.1, 0.15) is 11.6 Å². The van der Waals surface area contributed by atoms with Crippen LogP contribution in [-0.4, -0.2) is 34.1 Å². The number of pyridine rings is 1.